The zero-order chi connectivity index (χ0) is 13.8. The highest BCUT2D eigenvalue weighted by Gasteiger charge is 2.22. The van der Waals surface area contributed by atoms with Gasteiger partial charge in [0, 0.05) is 0 Å². The van der Waals surface area contributed by atoms with Crippen LogP contribution in [-0.4, -0.2) is 43.2 Å². The molecular formula is C10H11N5O3S. The van der Waals surface area contributed by atoms with Gasteiger partial charge in [0.15, 0.2) is 0 Å². The number of tetrazole rings is 1. The van der Waals surface area contributed by atoms with Gasteiger partial charge in [-0.1, -0.05) is 6.92 Å². The number of aliphatic carboxylic acids is 1. The Morgan fingerprint density at radius 1 is 1.58 bits per heavy atom. The average Bonchev–Trinajstić information content (AvgIpc) is 3.03. The van der Waals surface area contributed by atoms with Gasteiger partial charge in [-0.15, -0.1) is 16.4 Å². The summed E-state index contributed by atoms with van der Waals surface area (Å²) in [7, 11) is 0. The molecule has 0 saturated carbocycles. The van der Waals surface area contributed by atoms with E-state index >= 15 is 0 Å². The Morgan fingerprint density at radius 3 is 2.95 bits per heavy atom. The minimum absolute atomic E-state index is 0.312. The lowest BCUT2D eigenvalue weighted by Crippen LogP contribution is -2.40. The number of hydrogen-bond acceptors (Lipinski definition) is 6. The lowest BCUT2D eigenvalue weighted by molar-refractivity contribution is -0.139. The minimum atomic E-state index is -1.06. The number of rotatable bonds is 5. The molecule has 0 fully saturated rings. The largest absolute Gasteiger partial charge is 0.480 e. The molecule has 1 atom stereocenters. The Balaban J connectivity index is 2.21. The van der Waals surface area contributed by atoms with E-state index in [1.165, 1.54) is 22.3 Å². The van der Waals surface area contributed by atoms with E-state index in [0.717, 1.165) is 0 Å². The zero-order valence-electron chi connectivity index (χ0n) is 9.98. The number of nitrogens with zero attached hydrogens (tertiary/aromatic N) is 4. The Hall–Kier alpha value is -2.29. The molecule has 100 valence electrons. The third-order valence-corrected chi connectivity index (χ3v) is 3.36. The van der Waals surface area contributed by atoms with Gasteiger partial charge in [0.25, 0.3) is 5.91 Å². The first kappa shape index (κ1) is 13.1. The molecule has 0 bridgehead atoms. The van der Waals surface area contributed by atoms with Crippen LogP contribution < -0.4 is 5.32 Å². The molecule has 0 aliphatic heterocycles. The number of thiophene rings is 1. The predicted octanol–water partition coefficient (Wildman–Crippen LogP) is 0.317. The summed E-state index contributed by atoms with van der Waals surface area (Å²) in [4.78, 5) is 23.3. The van der Waals surface area contributed by atoms with Gasteiger partial charge in [0.1, 0.15) is 17.2 Å². The molecule has 0 aliphatic rings. The Kier molecular flexibility index (Phi) is 3.85. The molecule has 0 aliphatic carbocycles. The monoisotopic (exact) mass is 281 g/mol. The van der Waals surface area contributed by atoms with Crippen LogP contribution in [0.1, 0.15) is 23.0 Å². The molecule has 2 N–H and O–H groups in total. The fraction of sp³-hybridized carbons (Fsp3) is 0.300. The fourth-order valence-electron chi connectivity index (χ4n) is 1.49. The number of aromatic nitrogens is 4. The number of carboxylic acids is 1. The summed E-state index contributed by atoms with van der Waals surface area (Å²) in [5.74, 6) is -1.51. The SMILES string of the molecule is CC[C@H](NC(=O)c1sccc1-n1cnnn1)C(=O)O. The van der Waals surface area contributed by atoms with E-state index in [-0.39, 0.29) is 0 Å². The van der Waals surface area contributed by atoms with Crippen LogP contribution in [0, 0.1) is 0 Å². The molecule has 0 spiro atoms. The third kappa shape index (κ3) is 2.76. The lowest BCUT2D eigenvalue weighted by atomic mass is 10.2. The normalized spacial score (nSPS) is 12.1. The Labute approximate surface area is 112 Å². The molecule has 2 aromatic heterocycles. The molecule has 0 radical (unpaired) electrons. The molecule has 2 rings (SSSR count). The van der Waals surface area contributed by atoms with Crippen LogP contribution in [0.4, 0.5) is 0 Å². The van der Waals surface area contributed by atoms with Crippen molar-refractivity contribution >= 4 is 23.2 Å². The standard InChI is InChI=1S/C10H11N5O3S/c1-2-6(10(17)18)12-9(16)8-7(3-4-19-8)15-5-11-13-14-15/h3-6H,2H2,1H3,(H,12,16)(H,17,18)/t6-/m0/s1. The second kappa shape index (κ2) is 5.57. The van der Waals surface area contributed by atoms with Gasteiger partial charge < -0.3 is 10.4 Å². The van der Waals surface area contributed by atoms with Crippen molar-refractivity contribution in [3.05, 3.63) is 22.7 Å². The summed E-state index contributed by atoms with van der Waals surface area (Å²) in [6.07, 6.45) is 1.68. The van der Waals surface area contributed by atoms with Crippen LogP contribution in [0.25, 0.3) is 5.69 Å². The quantitative estimate of drug-likeness (QED) is 0.816. The average molecular weight is 281 g/mol. The predicted molar refractivity (Wildman–Crippen MR) is 66.2 cm³/mol. The van der Waals surface area contributed by atoms with E-state index in [4.69, 9.17) is 5.11 Å². The molecule has 19 heavy (non-hydrogen) atoms. The first-order valence-corrected chi connectivity index (χ1v) is 6.36. The van der Waals surface area contributed by atoms with Crippen LogP contribution in [0.15, 0.2) is 17.8 Å². The second-order valence-corrected chi connectivity index (χ2v) is 4.58. The summed E-state index contributed by atoms with van der Waals surface area (Å²) in [5, 5.41) is 23.8. The van der Waals surface area contributed by atoms with Crippen LogP contribution in [0.2, 0.25) is 0 Å². The van der Waals surface area contributed by atoms with Crippen molar-refractivity contribution in [2.24, 2.45) is 0 Å². The van der Waals surface area contributed by atoms with Crippen LogP contribution in [0.3, 0.4) is 0 Å². The maximum atomic E-state index is 12.0. The maximum Gasteiger partial charge on any atom is 0.326 e. The van der Waals surface area contributed by atoms with Crippen molar-refractivity contribution in [2.45, 2.75) is 19.4 Å². The summed E-state index contributed by atoms with van der Waals surface area (Å²) in [6.45, 7) is 1.69. The summed E-state index contributed by atoms with van der Waals surface area (Å²) < 4.78 is 1.35. The number of carboxylic acid groups (broad SMARTS) is 1. The number of carbonyl (C=O) groups is 2. The van der Waals surface area contributed by atoms with Gasteiger partial charge in [-0.25, -0.2) is 4.79 Å². The van der Waals surface area contributed by atoms with Crippen molar-refractivity contribution in [3.63, 3.8) is 0 Å². The highest BCUT2D eigenvalue weighted by Crippen LogP contribution is 2.20. The first-order chi connectivity index (χ1) is 9.13. The number of amides is 1. The van der Waals surface area contributed by atoms with E-state index in [0.29, 0.717) is 17.0 Å². The topological polar surface area (TPSA) is 110 Å². The van der Waals surface area contributed by atoms with Crippen molar-refractivity contribution in [1.82, 2.24) is 25.5 Å². The number of carbonyl (C=O) groups excluding carboxylic acids is 1. The number of nitrogens with one attached hydrogen (secondary N) is 1. The Bertz CT molecular complexity index is 580. The van der Waals surface area contributed by atoms with E-state index in [9.17, 15) is 9.59 Å². The summed E-state index contributed by atoms with van der Waals surface area (Å²) in [6, 6.07) is 0.786. The van der Waals surface area contributed by atoms with Crippen LogP contribution >= 0.6 is 11.3 Å². The summed E-state index contributed by atoms with van der Waals surface area (Å²) in [5.41, 5.74) is 0.521. The van der Waals surface area contributed by atoms with Crippen molar-refractivity contribution < 1.29 is 14.7 Å². The minimum Gasteiger partial charge on any atom is -0.480 e. The Morgan fingerprint density at radius 2 is 2.37 bits per heavy atom. The highest BCUT2D eigenvalue weighted by molar-refractivity contribution is 7.12. The van der Waals surface area contributed by atoms with Gasteiger partial charge in [-0.2, -0.15) is 4.68 Å². The van der Waals surface area contributed by atoms with E-state index in [2.05, 4.69) is 20.8 Å². The van der Waals surface area contributed by atoms with Crippen molar-refractivity contribution in [1.29, 1.82) is 0 Å². The third-order valence-electron chi connectivity index (χ3n) is 2.46. The van der Waals surface area contributed by atoms with Gasteiger partial charge in [0.05, 0.1) is 5.69 Å². The van der Waals surface area contributed by atoms with Gasteiger partial charge >= 0.3 is 5.97 Å². The fourth-order valence-corrected chi connectivity index (χ4v) is 2.27. The molecule has 2 heterocycles. The molecule has 1 amide bonds. The maximum absolute atomic E-state index is 12.0. The molecule has 9 heteroatoms. The molecule has 8 nitrogen and oxygen atoms in total. The van der Waals surface area contributed by atoms with E-state index in [1.807, 2.05) is 0 Å². The zero-order valence-corrected chi connectivity index (χ0v) is 10.8. The molecule has 0 aromatic carbocycles. The molecule has 0 saturated heterocycles. The van der Waals surface area contributed by atoms with Crippen LogP contribution in [0.5, 0.6) is 0 Å². The lowest BCUT2D eigenvalue weighted by Gasteiger charge is -2.11. The van der Waals surface area contributed by atoms with Gasteiger partial charge in [0.2, 0.25) is 0 Å². The molecule has 2 aromatic rings. The van der Waals surface area contributed by atoms with Crippen molar-refractivity contribution in [3.8, 4) is 5.69 Å². The van der Waals surface area contributed by atoms with Crippen molar-refractivity contribution in [2.75, 3.05) is 0 Å². The summed E-state index contributed by atoms with van der Waals surface area (Å²) >= 11 is 1.20. The highest BCUT2D eigenvalue weighted by atomic mass is 32.1. The first-order valence-electron chi connectivity index (χ1n) is 5.48. The van der Waals surface area contributed by atoms with Gasteiger partial charge in [-0.05, 0) is 28.3 Å². The smallest absolute Gasteiger partial charge is 0.326 e. The van der Waals surface area contributed by atoms with E-state index in [1.54, 1.807) is 18.4 Å². The van der Waals surface area contributed by atoms with Crippen LogP contribution in [-0.2, 0) is 4.79 Å². The number of hydrogen-bond donors (Lipinski definition) is 2. The van der Waals surface area contributed by atoms with E-state index < -0.39 is 17.9 Å². The molecule has 0 unspecified atom stereocenters. The molecular weight excluding hydrogens is 270 g/mol. The second-order valence-electron chi connectivity index (χ2n) is 3.66. The van der Waals surface area contributed by atoms with Gasteiger partial charge in [-0.3, -0.25) is 4.79 Å².